The average Bonchev–Trinajstić information content (AvgIpc) is 3.03. The van der Waals surface area contributed by atoms with Crippen LogP contribution >= 0.6 is 11.8 Å². The number of hydrogen-bond acceptors (Lipinski definition) is 3. The van der Waals surface area contributed by atoms with Crippen molar-refractivity contribution in [3.8, 4) is 0 Å². The standard InChI is InChI=1S/C23H26N2O2S/c1-28-20-10-6-5-9-19(20)22(27)24-13-11-23(12-14-24)15-21(26)25(17-23)16-18-7-3-2-4-8-18/h2-10H,11-17H2,1H3. The quantitative estimate of drug-likeness (QED) is 0.734. The third-order valence-electron chi connectivity index (χ3n) is 6.07. The van der Waals surface area contributed by atoms with Crippen LogP contribution in [-0.4, -0.2) is 47.5 Å². The van der Waals surface area contributed by atoms with Crippen molar-refractivity contribution in [1.82, 2.24) is 9.80 Å². The molecule has 0 aromatic heterocycles. The molecule has 2 aliphatic heterocycles. The maximum absolute atomic E-state index is 13.0. The molecule has 0 bridgehead atoms. The van der Waals surface area contributed by atoms with Crippen LogP contribution in [0.25, 0.3) is 0 Å². The molecule has 2 heterocycles. The summed E-state index contributed by atoms with van der Waals surface area (Å²) in [7, 11) is 0. The van der Waals surface area contributed by atoms with E-state index >= 15 is 0 Å². The highest BCUT2D eigenvalue weighted by Gasteiger charge is 2.45. The lowest BCUT2D eigenvalue weighted by Crippen LogP contribution is -2.44. The van der Waals surface area contributed by atoms with Gasteiger partial charge >= 0.3 is 0 Å². The molecule has 2 saturated heterocycles. The van der Waals surface area contributed by atoms with Gasteiger partial charge in [0.15, 0.2) is 0 Å². The van der Waals surface area contributed by atoms with E-state index in [4.69, 9.17) is 0 Å². The Bertz CT molecular complexity index is 860. The predicted octanol–water partition coefficient (Wildman–Crippen LogP) is 4.06. The van der Waals surface area contributed by atoms with Crippen LogP contribution in [-0.2, 0) is 11.3 Å². The van der Waals surface area contributed by atoms with Crippen LogP contribution in [0.3, 0.4) is 0 Å². The molecular weight excluding hydrogens is 368 g/mol. The highest BCUT2D eigenvalue weighted by Crippen LogP contribution is 2.42. The Morgan fingerprint density at radius 2 is 1.71 bits per heavy atom. The van der Waals surface area contributed by atoms with Crippen molar-refractivity contribution in [2.24, 2.45) is 5.41 Å². The fraction of sp³-hybridized carbons (Fsp3) is 0.391. The SMILES string of the molecule is CSc1ccccc1C(=O)N1CCC2(CC1)CC(=O)N(Cc1ccccc1)C2. The zero-order valence-electron chi connectivity index (χ0n) is 16.3. The van der Waals surface area contributed by atoms with Crippen molar-refractivity contribution in [2.45, 2.75) is 30.7 Å². The summed E-state index contributed by atoms with van der Waals surface area (Å²) in [6.45, 7) is 2.96. The fourth-order valence-electron chi connectivity index (χ4n) is 4.44. The molecule has 4 nitrogen and oxygen atoms in total. The summed E-state index contributed by atoms with van der Waals surface area (Å²) in [5, 5.41) is 0. The molecule has 0 aliphatic carbocycles. The van der Waals surface area contributed by atoms with Gasteiger partial charge in [-0.05, 0) is 36.8 Å². The maximum Gasteiger partial charge on any atom is 0.254 e. The number of carbonyl (C=O) groups is 2. The molecule has 4 rings (SSSR count). The van der Waals surface area contributed by atoms with Crippen molar-refractivity contribution in [1.29, 1.82) is 0 Å². The number of rotatable bonds is 4. The van der Waals surface area contributed by atoms with E-state index in [0.717, 1.165) is 42.9 Å². The van der Waals surface area contributed by atoms with Gasteiger partial charge < -0.3 is 9.80 Å². The summed E-state index contributed by atoms with van der Waals surface area (Å²) in [6, 6.07) is 18.0. The highest BCUT2D eigenvalue weighted by atomic mass is 32.2. The number of amides is 2. The second-order valence-corrected chi connectivity index (χ2v) is 8.75. The summed E-state index contributed by atoms with van der Waals surface area (Å²) in [5.41, 5.74) is 2.00. The van der Waals surface area contributed by atoms with E-state index in [9.17, 15) is 9.59 Å². The molecule has 146 valence electrons. The average molecular weight is 395 g/mol. The molecule has 2 aromatic carbocycles. The van der Waals surface area contributed by atoms with Gasteiger partial charge in [0.2, 0.25) is 5.91 Å². The number of thioether (sulfide) groups is 1. The third-order valence-corrected chi connectivity index (χ3v) is 6.87. The first kappa shape index (κ1) is 19.1. The molecule has 0 unspecified atom stereocenters. The zero-order valence-corrected chi connectivity index (χ0v) is 17.1. The van der Waals surface area contributed by atoms with Crippen LogP contribution in [0.2, 0.25) is 0 Å². The smallest absolute Gasteiger partial charge is 0.254 e. The first-order valence-corrected chi connectivity index (χ1v) is 11.1. The molecule has 1 spiro atoms. The Morgan fingerprint density at radius 1 is 1.04 bits per heavy atom. The number of piperidine rings is 1. The van der Waals surface area contributed by atoms with Crippen molar-refractivity contribution in [2.75, 3.05) is 25.9 Å². The Labute approximate surface area is 170 Å². The van der Waals surface area contributed by atoms with E-state index < -0.39 is 0 Å². The van der Waals surface area contributed by atoms with Crippen LogP contribution in [0.5, 0.6) is 0 Å². The van der Waals surface area contributed by atoms with Crippen LogP contribution in [0, 0.1) is 5.41 Å². The lowest BCUT2D eigenvalue weighted by atomic mass is 9.77. The Balaban J connectivity index is 1.40. The number of nitrogens with zero attached hydrogens (tertiary/aromatic N) is 2. The van der Waals surface area contributed by atoms with E-state index in [1.54, 1.807) is 11.8 Å². The molecular formula is C23H26N2O2S. The first-order valence-electron chi connectivity index (χ1n) is 9.84. The van der Waals surface area contributed by atoms with Crippen molar-refractivity contribution >= 4 is 23.6 Å². The predicted molar refractivity (Wildman–Crippen MR) is 112 cm³/mol. The van der Waals surface area contributed by atoms with Gasteiger partial charge in [0, 0.05) is 42.9 Å². The lowest BCUT2D eigenvalue weighted by molar-refractivity contribution is -0.128. The minimum Gasteiger partial charge on any atom is -0.339 e. The third kappa shape index (κ3) is 3.81. The molecule has 0 N–H and O–H groups in total. The topological polar surface area (TPSA) is 40.6 Å². The largest absolute Gasteiger partial charge is 0.339 e. The van der Waals surface area contributed by atoms with E-state index in [0.29, 0.717) is 13.0 Å². The van der Waals surface area contributed by atoms with Gasteiger partial charge in [-0.15, -0.1) is 11.8 Å². The van der Waals surface area contributed by atoms with E-state index in [1.807, 2.05) is 58.5 Å². The summed E-state index contributed by atoms with van der Waals surface area (Å²) < 4.78 is 0. The summed E-state index contributed by atoms with van der Waals surface area (Å²) in [4.78, 5) is 30.6. The number of likely N-dealkylation sites (tertiary alicyclic amines) is 2. The van der Waals surface area contributed by atoms with Gasteiger partial charge in [0.1, 0.15) is 0 Å². The van der Waals surface area contributed by atoms with Crippen molar-refractivity contribution in [3.63, 3.8) is 0 Å². The van der Waals surface area contributed by atoms with Gasteiger partial charge in [-0.3, -0.25) is 9.59 Å². The molecule has 0 saturated carbocycles. The number of carbonyl (C=O) groups excluding carboxylic acids is 2. The highest BCUT2D eigenvalue weighted by molar-refractivity contribution is 7.98. The van der Waals surface area contributed by atoms with Crippen LogP contribution in [0.1, 0.15) is 35.2 Å². The molecule has 2 amide bonds. The summed E-state index contributed by atoms with van der Waals surface area (Å²) >= 11 is 1.61. The fourth-order valence-corrected chi connectivity index (χ4v) is 5.03. The van der Waals surface area contributed by atoms with Gasteiger partial charge in [-0.1, -0.05) is 42.5 Å². The van der Waals surface area contributed by atoms with Crippen LogP contribution < -0.4 is 0 Å². The first-order chi connectivity index (χ1) is 13.6. The minimum atomic E-state index is 0.0294. The Hall–Kier alpha value is -2.27. The normalized spacial score (nSPS) is 18.7. The molecule has 2 aliphatic rings. The van der Waals surface area contributed by atoms with E-state index in [2.05, 4.69) is 12.1 Å². The van der Waals surface area contributed by atoms with Crippen LogP contribution in [0.15, 0.2) is 59.5 Å². The van der Waals surface area contributed by atoms with Crippen molar-refractivity contribution < 1.29 is 9.59 Å². The van der Waals surface area contributed by atoms with E-state index in [-0.39, 0.29) is 17.2 Å². The lowest BCUT2D eigenvalue weighted by Gasteiger charge is -2.39. The Morgan fingerprint density at radius 3 is 2.43 bits per heavy atom. The minimum absolute atomic E-state index is 0.0294. The van der Waals surface area contributed by atoms with Gasteiger partial charge in [0.05, 0.1) is 5.56 Å². The van der Waals surface area contributed by atoms with Crippen LogP contribution in [0.4, 0.5) is 0 Å². The van der Waals surface area contributed by atoms with Crippen molar-refractivity contribution in [3.05, 3.63) is 65.7 Å². The van der Waals surface area contributed by atoms with Gasteiger partial charge in [0.25, 0.3) is 5.91 Å². The Kier molecular flexibility index (Phi) is 5.44. The van der Waals surface area contributed by atoms with Gasteiger partial charge in [-0.25, -0.2) is 0 Å². The van der Waals surface area contributed by atoms with E-state index in [1.165, 1.54) is 5.56 Å². The molecule has 2 fully saturated rings. The molecule has 5 heteroatoms. The maximum atomic E-state index is 13.0. The monoisotopic (exact) mass is 394 g/mol. The second-order valence-electron chi connectivity index (χ2n) is 7.90. The zero-order chi connectivity index (χ0) is 19.6. The molecule has 0 radical (unpaired) electrons. The molecule has 28 heavy (non-hydrogen) atoms. The van der Waals surface area contributed by atoms with Gasteiger partial charge in [-0.2, -0.15) is 0 Å². The number of hydrogen-bond donors (Lipinski definition) is 0. The molecule has 0 atom stereocenters. The second kappa shape index (κ2) is 8.00. The molecule has 2 aromatic rings. The number of benzene rings is 2. The summed E-state index contributed by atoms with van der Waals surface area (Å²) in [6.07, 6.45) is 4.42. The summed E-state index contributed by atoms with van der Waals surface area (Å²) in [5.74, 6) is 0.363.